The molecule has 0 atom stereocenters. The fraction of sp³-hybridized carbons (Fsp3) is 0.250. The number of carboxylic acids is 1. The van der Waals surface area contributed by atoms with E-state index in [4.69, 9.17) is 5.11 Å². The zero-order valence-corrected chi connectivity index (χ0v) is 34.9. The van der Waals surface area contributed by atoms with Crippen molar-refractivity contribution in [3.63, 3.8) is 0 Å². The molecule has 0 aliphatic carbocycles. The smallest absolute Gasteiger partial charge is 0.337 e. The highest BCUT2D eigenvalue weighted by molar-refractivity contribution is 14.1. The number of carboxylic acid groups (broad SMARTS) is 1. The maximum absolute atomic E-state index is 13.4. The van der Waals surface area contributed by atoms with Crippen molar-refractivity contribution in [1.82, 2.24) is 16.0 Å². The molecule has 0 saturated heterocycles. The number of ketones is 1. The summed E-state index contributed by atoms with van der Waals surface area (Å²) in [6.45, 7) is 0.446. The van der Waals surface area contributed by atoms with Crippen molar-refractivity contribution >= 4 is 182 Å². The molecule has 0 radical (unpaired) electrons. The Morgan fingerprint density at radius 2 is 1.12 bits per heavy atom. The minimum atomic E-state index is -1.31. The lowest BCUT2D eigenvalue weighted by molar-refractivity contribution is -0.116. The molecule has 43 heavy (non-hydrogen) atoms. The number of carbonyl (C=O) groups is 6. The monoisotopic (exact) mass is 1270 g/mol. The van der Waals surface area contributed by atoms with Gasteiger partial charge in [-0.3, -0.25) is 24.0 Å². The number of rotatable bonds is 12. The van der Waals surface area contributed by atoms with Crippen LogP contribution in [0.25, 0.3) is 0 Å². The van der Waals surface area contributed by atoms with Crippen LogP contribution in [0.2, 0.25) is 0 Å². The Kier molecular flexibility index (Phi) is 15.8. The van der Waals surface area contributed by atoms with Crippen LogP contribution in [0.15, 0.2) is 0 Å². The lowest BCUT2D eigenvalue weighted by Crippen LogP contribution is -2.35. The van der Waals surface area contributed by atoms with Gasteiger partial charge in [0.05, 0.1) is 67.6 Å². The van der Waals surface area contributed by atoms with E-state index >= 15 is 0 Å². The Balaban J connectivity index is 2.46. The van der Waals surface area contributed by atoms with Gasteiger partial charge in [-0.15, -0.1) is 0 Å². The van der Waals surface area contributed by atoms with E-state index in [1.165, 1.54) is 14.0 Å². The molecule has 13 nitrogen and oxygen atoms in total. The van der Waals surface area contributed by atoms with Gasteiger partial charge in [-0.2, -0.15) is 0 Å². The van der Waals surface area contributed by atoms with Gasteiger partial charge in [-0.25, -0.2) is 4.79 Å². The van der Waals surface area contributed by atoms with Gasteiger partial charge in [-0.05, 0) is 142 Å². The first-order valence-corrected chi connectivity index (χ1v) is 18.1. The normalized spacial score (nSPS) is 10.5. The van der Waals surface area contributed by atoms with Crippen molar-refractivity contribution in [1.29, 1.82) is 0 Å². The minimum Gasteiger partial charge on any atom is -0.478 e. The van der Waals surface area contributed by atoms with Crippen LogP contribution in [0, 0.1) is 21.4 Å². The number of amides is 4. The van der Waals surface area contributed by atoms with Crippen LogP contribution >= 0.6 is 136 Å². The second kappa shape index (κ2) is 17.5. The van der Waals surface area contributed by atoms with Gasteiger partial charge in [0.25, 0.3) is 17.7 Å². The number of hydrogen-bond acceptors (Lipinski definition) is 8. The second-order valence-corrected chi connectivity index (χ2v) is 14.8. The molecule has 0 heterocycles. The summed E-state index contributed by atoms with van der Waals surface area (Å²) in [5.41, 5.74) is 0.659. The SMILES string of the molecule is CNC(=O)c1c(I)c(NCC(C)=O)c(I)c(C(=O)NCC(=O)Nc2c(I)c(C(=O)O)c(I)c(C(=O)NCCO)c2I)c1I. The van der Waals surface area contributed by atoms with Crippen molar-refractivity contribution in [3.8, 4) is 0 Å². The van der Waals surface area contributed by atoms with Gasteiger partial charge in [-0.1, -0.05) is 0 Å². The summed E-state index contributed by atoms with van der Waals surface area (Å²) in [5, 5.41) is 32.0. The van der Waals surface area contributed by atoms with Crippen molar-refractivity contribution in [2.24, 2.45) is 0 Å². The lowest BCUT2D eigenvalue weighted by Gasteiger charge is -2.20. The van der Waals surface area contributed by atoms with Crippen molar-refractivity contribution in [2.75, 3.05) is 43.9 Å². The van der Waals surface area contributed by atoms with Crippen LogP contribution in [0.1, 0.15) is 48.4 Å². The third kappa shape index (κ3) is 9.33. The third-order valence-electron chi connectivity index (χ3n) is 5.34. The molecule has 2 aromatic rings. The Bertz CT molecular complexity index is 1530. The van der Waals surface area contributed by atoms with E-state index in [1.54, 1.807) is 45.2 Å². The molecule has 7 N–H and O–H groups in total. The summed E-state index contributed by atoms with van der Waals surface area (Å²) >= 11 is 11.1. The molecule has 0 spiro atoms. The van der Waals surface area contributed by atoms with E-state index in [9.17, 15) is 33.9 Å². The summed E-state index contributed by atoms with van der Waals surface area (Å²) < 4.78 is 1.88. The highest BCUT2D eigenvalue weighted by Gasteiger charge is 2.30. The average molecular weight is 1270 g/mol. The number of hydrogen-bond donors (Lipinski definition) is 7. The van der Waals surface area contributed by atoms with Crippen LogP contribution in [-0.2, 0) is 9.59 Å². The molecule has 2 rings (SSSR count). The summed E-state index contributed by atoms with van der Waals surface area (Å²) in [6.07, 6.45) is 0. The van der Waals surface area contributed by atoms with E-state index in [-0.39, 0.29) is 64.1 Å². The van der Waals surface area contributed by atoms with Gasteiger partial charge in [0.15, 0.2) is 0 Å². The molecule has 2 aromatic carbocycles. The number of Topliss-reactive ketones (excluding diaryl/α,β-unsaturated/α-hetero) is 1. The number of anilines is 2. The zero-order chi connectivity index (χ0) is 32.8. The van der Waals surface area contributed by atoms with Gasteiger partial charge in [0.2, 0.25) is 5.91 Å². The molecule has 19 heteroatoms. The minimum absolute atomic E-state index is 0.0159. The quantitative estimate of drug-likeness (QED) is 0.156. The second-order valence-electron chi connectivity index (χ2n) is 8.28. The number of nitrogens with one attached hydrogen (secondary N) is 5. The molecule has 4 amide bonds. The number of benzene rings is 2. The predicted molar refractivity (Wildman–Crippen MR) is 209 cm³/mol. The number of carbonyl (C=O) groups excluding carboxylic acids is 5. The van der Waals surface area contributed by atoms with Gasteiger partial charge >= 0.3 is 5.97 Å². The van der Waals surface area contributed by atoms with Gasteiger partial charge < -0.3 is 36.8 Å². The molecule has 0 bridgehead atoms. The summed E-state index contributed by atoms with van der Waals surface area (Å²) in [6, 6.07) is 0. The van der Waals surface area contributed by atoms with Crippen molar-refractivity contribution in [2.45, 2.75) is 6.92 Å². The molecule has 0 aliphatic heterocycles. The topological polar surface area (TPSA) is 203 Å². The summed E-state index contributed by atoms with van der Waals surface area (Å²) in [4.78, 5) is 75.6. The first kappa shape index (κ1) is 38.8. The molecule has 0 aliphatic rings. The Morgan fingerprint density at radius 1 is 0.651 bits per heavy atom. The summed E-state index contributed by atoms with van der Waals surface area (Å²) in [5.74, 6) is -3.92. The van der Waals surface area contributed by atoms with Crippen LogP contribution in [-0.4, -0.2) is 78.9 Å². The third-order valence-corrected chi connectivity index (χ3v) is 11.8. The van der Waals surface area contributed by atoms with Crippen LogP contribution in [0.3, 0.4) is 0 Å². The predicted octanol–water partition coefficient (Wildman–Crippen LogP) is 3.46. The maximum Gasteiger partial charge on any atom is 0.337 e. The van der Waals surface area contributed by atoms with Crippen molar-refractivity contribution in [3.05, 3.63) is 43.7 Å². The standard InChI is InChI=1S/C24H21I6N5O8/c1-7(37)5-33-19-15(27)9(21(39)31-2)13(25)10(16(19)28)23(41)34-6-8(38)35-20-17(29)11(22(40)32-3-4-36)14(26)12(18(20)30)24(42)43/h33,36H,3-6H2,1-2H3,(H,31,39)(H,32,40)(H,34,41)(H,35,38)(H,42,43). The fourth-order valence-electron chi connectivity index (χ4n) is 3.41. The zero-order valence-electron chi connectivity index (χ0n) is 21.9. The average Bonchev–Trinajstić information content (AvgIpc) is 2.92. The van der Waals surface area contributed by atoms with Crippen LogP contribution in [0.5, 0.6) is 0 Å². The van der Waals surface area contributed by atoms with E-state index in [2.05, 4.69) is 26.6 Å². The van der Waals surface area contributed by atoms with E-state index in [0.717, 1.165) is 0 Å². The largest absolute Gasteiger partial charge is 0.478 e. The Hall–Kier alpha value is -0.400. The highest BCUT2D eigenvalue weighted by atomic mass is 127. The molecular weight excluding hydrogens is 1250 g/mol. The summed E-state index contributed by atoms with van der Waals surface area (Å²) in [7, 11) is 1.45. The van der Waals surface area contributed by atoms with Gasteiger partial charge in [0.1, 0.15) is 5.78 Å². The number of aromatic carboxylic acids is 1. The lowest BCUT2D eigenvalue weighted by atomic mass is 10.1. The van der Waals surface area contributed by atoms with Crippen LogP contribution in [0.4, 0.5) is 11.4 Å². The molecule has 232 valence electrons. The fourth-order valence-corrected chi connectivity index (χ4v) is 12.3. The molecule has 0 fully saturated rings. The van der Waals surface area contributed by atoms with Gasteiger partial charge in [0, 0.05) is 20.7 Å². The number of aliphatic hydroxyl groups is 1. The Labute approximate surface area is 327 Å². The highest BCUT2D eigenvalue weighted by Crippen LogP contribution is 2.37. The molecule has 0 unspecified atom stereocenters. The Morgan fingerprint density at radius 3 is 1.60 bits per heavy atom. The van der Waals surface area contributed by atoms with E-state index < -0.39 is 36.1 Å². The van der Waals surface area contributed by atoms with Crippen molar-refractivity contribution < 1.29 is 39.0 Å². The number of halogens is 6. The van der Waals surface area contributed by atoms with Crippen LogP contribution < -0.4 is 26.6 Å². The molecule has 0 aromatic heterocycles. The number of aliphatic hydroxyl groups excluding tert-OH is 1. The molecule has 0 saturated carbocycles. The molecular formula is C24H21I6N5O8. The first-order chi connectivity index (χ1) is 20.1. The maximum atomic E-state index is 13.4. The van der Waals surface area contributed by atoms with E-state index in [0.29, 0.717) is 16.4 Å². The van der Waals surface area contributed by atoms with E-state index in [1.807, 2.05) is 90.4 Å². The first-order valence-electron chi connectivity index (χ1n) is 11.7.